The molecule has 2 aliphatic rings. The summed E-state index contributed by atoms with van der Waals surface area (Å²) in [6.45, 7) is 2.13. The van der Waals surface area contributed by atoms with E-state index in [0.717, 1.165) is 30.2 Å². The van der Waals surface area contributed by atoms with Gasteiger partial charge in [0, 0.05) is 34.8 Å². The lowest BCUT2D eigenvalue weighted by Crippen LogP contribution is -2.55. The van der Waals surface area contributed by atoms with Gasteiger partial charge < -0.3 is 10.2 Å². The van der Waals surface area contributed by atoms with Crippen LogP contribution in [-0.4, -0.2) is 46.2 Å². The maximum Gasteiger partial charge on any atom is 0.272 e. The maximum atomic E-state index is 13.0. The van der Waals surface area contributed by atoms with Crippen LogP contribution in [-0.2, 0) is 6.42 Å². The van der Waals surface area contributed by atoms with Crippen molar-refractivity contribution < 1.29 is 4.79 Å². The van der Waals surface area contributed by atoms with Crippen LogP contribution in [0.3, 0.4) is 0 Å². The number of rotatable bonds is 4. The van der Waals surface area contributed by atoms with Crippen LogP contribution in [0.25, 0.3) is 10.9 Å². The van der Waals surface area contributed by atoms with Gasteiger partial charge in [0.1, 0.15) is 0 Å². The number of aromatic amines is 1. The summed E-state index contributed by atoms with van der Waals surface area (Å²) in [6.07, 6.45) is 6.82. The Labute approximate surface area is 175 Å². The predicted molar refractivity (Wildman–Crippen MR) is 118 cm³/mol. The molecule has 1 aromatic carbocycles. The summed E-state index contributed by atoms with van der Waals surface area (Å²) < 4.78 is 0. The molecule has 2 N–H and O–H groups in total. The number of H-pyrrole nitrogens is 1. The lowest BCUT2D eigenvalue weighted by Gasteiger charge is -2.47. The Morgan fingerprint density at radius 3 is 2.79 bits per heavy atom. The fourth-order valence-corrected chi connectivity index (χ4v) is 6.03. The third-order valence-corrected chi connectivity index (χ3v) is 7.74. The molecule has 1 amide bonds. The third kappa shape index (κ3) is 3.71. The van der Waals surface area contributed by atoms with Crippen LogP contribution in [0.1, 0.15) is 58.6 Å². The van der Waals surface area contributed by atoms with Gasteiger partial charge in [0.2, 0.25) is 0 Å². The number of nitrogens with zero attached hydrogens (tertiary/aromatic N) is 2. The molecular formula is C23H28N4OS. The summed E-state index contributed by atoms with van der Waals surface area (Å²) in [5, 5.41) is 13.8. The summed E-state index contributed by atoms with van der Waals surface area (Å²) in [5.74, 6) is -0.0505. The van der Waals surface area contributed by atoms with Crippen molar-refractivity contribution in [3.63, 3.8) is 0 Å². The Balaban J connectivity index is 1.30. The molecule has 2 bridgehead atoms. The van der Waals surface area contributed by atoms with Crippen LogP contribution in [0.15, 0.2) is 29.6 Å². The van der Waals surface area contributed by atoms with Crippen molar-refractivity contribution in [2.24, 2.45) is 0 Å². The van der Waals surface area contributed by atoms with Gasteiger partial charge in [-0.3, -0.25) is 9.89 Å². The number of hydrogen-bond donors (Lipinski definition) is 2. The largest absolute Gasteiger partial charge is 0.348 e. The molecule has 2 unspecified atom stereocenters. The van der Waals surface area contributed by atoms with Gasteiger partial charge >= 0.3 is 0 Å². The fourth-order valence-electron chi connectivity index (χ4n) is 5.12. The van der Waals surface area contributed by atoms with Gasteiger partial charge in [-0.25, -0.2) is 0 Å². The normalized spacial score (nSPS) is 24.7. The lowest BCUT2D eigenvalue weighted by molar-refractivity contribution is 0.0462. The molecule has 3 aromatic rings. The molecule has 5 nitrogen and oxygen atoms in total. The SMILES string of the molecule is Cc1csc(Cc2ccc3c(C(=O)NC4CC5CCCC(C4)N5C)n[nH]c3c2)c1. The zero-order valence-electron chi connectivity index (χ0n) is 17.1. The van der Waals surface area contributed by atoms with Crippen LogP contribution in [0.4, 0.5) is 0 Å². The molecule has 2 fully saturated rings. The summed E-state index contributed by atoms with van der Waals surface area (Å²) in [4.78, 5) is 16.8. The molecule has 29 heavy (non-hydrogen) atoms. The Hall–Kier alpha value is -2.18. The molecule has 0 saturated carbocycles. The highest BCUT2D eigenvalue weighted by Crippen LogP contribution is 2.33. The van der Waals surface area contributed by atoms with E-state index >= 15 is 0 Å². The van der Waals surface area contributed by atoms with E-state index < -0.39 is 0 Å². The van der Waals surface area contributed by atoms with Gasteiger partial charge in [0.05, 0.1) is 5.52 Å². The average molecular weight is 409 g/mol. The fraction of sp³-hybridized carbons (Fsp3) is 0.478. The van der Waals surface area contributed by atoms with Crippen LogP contribution < -0.4 is 5.32 Å². The van der Waals surface area contributed by atoms with E-state index in [0.29, 0.717) is 17.8 Å². The minimum absolute atomic E-state index is 0.0505. The molecular weight excluding hydrogens is 380 g/mol. The lowest BCUT2D eigenvalue weighted by atomic mass is 9.82. The van der Waals surface area contributed by atoms with Crippen LogP contribution in [0.5, 0.6) is 0 Å². The summed E-state index contributed by atoms with van der Waals surface area (Å²) in [5.41, 5.74) is 3.99. The Morgan fingerprint density at radius 2 is 2.07 bits per heavy atom. The van der Waals surface area contributed by atoms with Gasteiger partial charge in [-0.2, -0.15) is 5.10 Å². The molecule has 2 saturated heterocycles. The molecule has 2 aliphatic heterocycles. The summed E-state index contributed by atoms with van der Waals surface area (Å²) >= 11 is 1.79. The van der Waals surface area contributed by atoms with E-state index in [4.69, 9.17) is 0 Å². The molecule has 5 rings (SSSR count). The minimum Gasteiger partial charge on any atom is -0.348 e. The number of benzene rings is 1. The molecule has 6 heteroatoms. The van der Waals surface area contributed by atoms with E-state index in [9.17, 15) is 4.79 Å². The number of piperidine rings is 2. The quantitative estimate of drug-likeness (QED) is 0.678. The van der Waals surface area contributed by atoms with Gasteiger partial charge in [0.25, 0.3) is 5.91 Å². The average Bonchev–Trinajstić information content (AvgIpc) is 3.28. The molecule has 152 valence electrons. The summed E-state index contributed by atoms with van der Waals surface area (Å²) in [7, 11) is 2.24. The third-order valence-electron chi connectivity index (χ3n) is 6.68. The number of thiophene rings is 1. The van der Waals surface area contributed by atoms with Crippen molar-refractivity contribution in [3.05, 3.63) is 51.3 Å². The van der Waals surface area contributed by atoms with E-state index in [1.165, 1.54) is 35.3 Å². The predicted octanol–water partition coefficient (Wildman–Crippen LogP) is 4.27. The number of hydrogen-bond acceptors (Lipinski definition) is 4. The Bertz CT molecular complexity index is 1020. The van der Waals surface area contributed by atoms with E-state index in [1.807, 2.05) is 6.07 Å². The summed E-state index contributed by atoms with van der Waals surface area (Å²) in [6, 6.07) is 9.96. The Morgan fingerprint density at radius 1 is 1.28 bits per heavy atom. The molecule has 2 atom stereocenters. The number of nitrogens with one attached hydrogen (secondary N) is 2. The van der Waals surface area contributed by atoms with E-state index in [2.05, 4.69) is 58.0 Å². The number of carbonyl (C=O) groups is 1. The topological polar surface area (TPSA) is 61.0 Å². The van der Waals surface area contributed by atoms with E-state index in [1.54, 1.807) is 11.3 Å². The van der Waals surface area contributed by atoms with Gasteiger partial charge in [0.15, 0.2) is 5.69 Å². The van der Waals surface area contributed by atoms with Gasteiger partial charge in [-0.05, 0) is 68.3 Å². The van der Waals surface area contributed by atoms with Crippen molar-refractivity contribution >= 4 is 28.1 Å². The number of aromatic nitrogens is 2. The monoisotopic (exact) mass is 408 g/mol. The first-order chi connectivity index (χ1) is 14.1. The first kappa shape index (κ1) is 18.8. The molecule has 0 aliphatic carbocycles. The van der Waals surface area contributed by atoms with Gasteiger partial charge in [-0.15, -0.1) is 11.3 Å². The highest BCUT2D eigenvalue weighted by molar-refractivity contribution is 7.10. The zero-order chi connectivity index (χ0) is 20.0. The highest BCUT2D eigenvalue weighted by Gasteiger charge is 2.36. The maximum absolute atomic E-state index is 13.0. The number of carbonyl (C=O) groups excluding carboxylic acids is 1. The molecule has 0 radical (unpaired) electrons. The first-order valence-corrected chi connectivity index (χ1v) is 11.5. The smallest absolute Gasteiger partial charge is 0.272 e. The minimum atomic E-state index is -0.0505. The second-order valence-electron chi connectivity index (χ2n) is 8.77. The van der Waals surface area contributed by atoms with Crippen molar-refractivity contribution in [3.8, 4) is 0 Å². The Kier molecular flexibility index (Phi) is 4.92. The second-order valence-corrected chi connectivity index (χ2v) is 9.76. The van der Waals surface area contributed by atoms with Crippen molar-refractivity contribution in [1.29, 1.82) is 0 Å². The standard InChI is InChI=1S/C23H28N4OS/c1-14-8-19(29-13-14)9-15-6-7-20-21(10-15)25-26-22(20)23(28)24-16-11-17-4-3-5-18(12-16)27(17)2/h6-8,10,13,16-18H,3-5,9,11-12H2,1-2H3,(H,24,28)(H,25,26). The molecule has 4 heterocycles. The van der Waals surface area contributed by atoms with Crippen LogP contribution in [0, 0.1) is 6.92 Å². The van der Waals surface area contributed by atoms with Crippen molar-refractivity contribution in [2.45, 2.75) is 63.6 Å². The number of fused-ring (bicyclic) bond motifs is 3. The van der Waals surface area contributed by atoms with Crippen molar-refractivity contribution in [1.82, 2.24) is 20.4 Å². The second kappa shape index (κ2) is 7.58. The number of amides is 1. The van der Waals surface area contributed by atoms with Gasteiger partial charge in [-0.1, -0.05) is 18.6 Å². The van der Waals surface area contributed by atoms with Crippen LogP contribution in [0.2, 0.25) is 0 Å². The number of aryl methyl sites for hydroxylation is 1. The molecule has 2 aromatic heterocycles. The van der Waals surface area contributed by atoms with E-state index in [-0.39, 0.29) is 11.9 Å². The van der Waals surface area contributed by atoms with Crippen molar-refractivity contribution in [2.75, 3.05) is 7.05 Å². The zero-order valence-corrected chi connectivity index (χ0v) is 17.9. The first-order valence-electron chi connectivity index (χ1n) is 10.6. The van der Waals surface area contributed by atoms with Crippen LogP contribution >= 0.6 is 11.3 Å². The highest BCUT2D eigenvalue weighted by atomic mass is 32.1. The molecule has 0 spiro atoms.